The minimum Gasteiger partial charge on any atom is -0.497 e. The number of pyridine rings is 1. The third kappa shape index (κ3) is 6.81. The van der Waals surface area contributed by atoms with E-state index in [1.807, 2.05) is 12.1 Å². The van der Waals surface area contributed by atoms with Crippen LogP contribution >= 0.6 is 0 Å². The highest BCUT2D eigenvalue weighted by molar-refractivity contribution is 7.89. The molecule has 0 saturated carbocycles. The number of rotatable bonds is 12. The van der Waals surface area contributed by atoms with Gasteiger partial charge >= 0.3 is 0 Å². The van der Waals surface area contributed by atoms with Crippen molar-refractivity contribution in [3.63, 3.8) is 0 Å². The van der Waals surface area contributed by atoms with Crippen molar-refractivity contribution >= 4 is 15.9 Å². The second kappa shape index (κ2) is 12.5. The van der Waals surface area contributed by atoms with Crippen molar-refractivity contribution in [3.05, 3.63) is 84.2 Å². The highest BCUT2D eigenvalue weighted by Gasteiger charge is 2.38. The number of hydrogen-bond acceptors (Lipinski definition) is 7. The first kappa shape index (κ1) is 27.1. The van der Waals surface area contributed by atoms with Gasteiger partial charge in [0.05, 0.1) is 25.7 Å². The number of methoxy groups -OCH3 is 2. The maximum absolute atomic E-state index is 13.8. The first-order chi connectivity index (χ1) is 17.3. The number of amides is 1. The molecule has 1 aromatic heterocycles. The topological polar surface area (TPSA) is 107 Å². The summed E-state index contributed by atoms with van der Waals surface area (Å²) in [6, 6.07) is 15.7. The van der Waals surface area contributed by atoms with Gasteiger partial charge in [-0.2, -0.15) is 4.31 Å². The van der Waals surface area contributed by atoms with Gasteiger partial charge in [0.2, 0.25) is 10.0 Å². The van der Waals surface area contributed by atoms with Crippen LogP contribution in [0.5, 0.6) is 11.5 Å². The van der Waals surface area contributed by atoms with Crippen LogP contribution in [-0.2, 0) is 32.8 Å². The summed E-state index contributed by atoms with van der Waals surface area (Å²) < 4.78 is 39.0. The van der Waals surface area contributed by atoms with Crippen LogP contribution in [0, 0.1) is 5.92 Å². The van der Waals surface area contributed by atoms with E-state index in [1.54, 1.807) is 69.7 Å². The summed E-state index contributed by atoms with van der Waals surface area (Å²) in [5, 5.41) is 0. The average molecular weight is 514 g/mol. The summed E-state index contributed by atoms with van der Waals surface area (Å²) in [7, 11) is -0.997. The van der Waals surface area contributed by atoms with E-state index in [0.717, 1.165) is 5.56 Å². The molecule has 9 nitrogen and oxygen atoms in total. The minimum absolute atomic E-state index is 0.0447. The van der Waals surface area contributed by atoms with Crippen molar-refractivity contribution in [2.75, 3.05) is 14.2 Å². The molecular weight excluding hydrogens is 482 g/mol. The SMILES string of the molecule is COc1ccc(CONC(=O)[C@@H](C(C)C)N(Cc2cccnc2)S(=O)(=O)c2ccc(OC)cc2)cc1. The van der Waals surface area contributed by atoms with E-state index in [-0.39, 0.29) is 24.0 Å². The molecule has 1 amide bonds. The number of hydroxylamine groups is 1. The Kier molecular flexibility index (Phi) is 9.40. The molecule has 3 rings (SSSR count). The first-order valence-electron chi connectivity index (χ1n) is 11.4. The molecule has 0 fully saturated rings. The Morgan fingerprint density at radius 2 is 1.56 bits per heavy atom. The van der Waals surface area contributed by atoms with Crippen LogP contribution in [0.3, 0.4) is 0 Å². The maximum Gasteiger partial charge on any atom is 0.262 e. The third-order valence-electron chi connectivity index (χ3n) is 5.51. The number of benzene rings is 2. The Morgan fingerprint density at radius 1 is 0.944 bits per heavy atom. The predicted molar refractivity (Wildman–Crippen MR) is 135 cm³/mol. The summed E-state index contributed by atoms with van der Waals surface area (Å²) in [6.45, 7) is 3.63. The molecule has 1 atom stereocenters. The number of nitrogens with one attached hydrogen (secondary N) is 1. The summed E-state index contributed by atoms with van der Waals surface area (Å²) in [5.41, 5.74) is 3.90. The molecule has 1 heterocycles. The lowest BCUT2D eigenvalue weighted by Crippen LogP contribution is -2.51. The van der Waals surface area contributed by atoms with Crippen molar-refractivity contribution in [1.82, 2.24) is 14.8 Å². The van der Waals surface area contributed by atoms with Gasteiger partial charge in [0.1, 0.15) is 17.5 Å². The van der Waals surface area contributed by atoms with Crippen molar-refractivity contribution in [1.29, 1.82) is 0 Å². The lowest BCUT2D eigenvalue weighted by molar-refractivity contribution is -0.140. The van der Waals surface area contributed by atoms with E-state index in [4.69, 9.17) is 14.3 Å². The second-order valence-electron chi connectivity index (χ2n) is 8.38. The molecule has 0 spiro atoms. The Morgan fingerprint density at radius 3 is 2.08 bits per heavy atom. The van der Waals surface area contributed by atoms with E-state index in [9.17, 15) is 13.2 Å². The Bertz CT molecular complexity index is 1220. The number of aromatic nitrogens is 1. The number of hydrogen-bond donors (Lipinski definition) is 1. The molecule has 2 aromatic carbocycles. The van der Waals surface area contributed by atoms with Crippen molar-refractivity contribution in [2.24, 2.45) is 5.92 Å². The van der Waals surface area contributed by atoms with Crippen LogP contribution in [0.2, 0.25) is 0 Å². The van der Waals surface area contributed by atoms with Gasteiger partial charge in [0, 0.05) is 18.9 Å². The molecule has 36 heavy (non-hydrogen) atoms. The molecule has 0 saturated heterocycles. The summed E-state index contributed by atoms with van der Waals surface area (Å²) in [4.78, 5) is 22.9. The Hall–Kier alpha value is -3.47. The van der Waals surface area contributed by atoms with Crippen molar-refractivity contribution in [3.8, 4) is 11.5 Å². The van der Waals surface area contributed by atoms with E-state index < -0.39 is 22.0 Å². The molecule has 3 aromatic rings. The number of carbonyl (C=O) groups excluding carboxylic acids is 1. The summed E-state index contributed by atoms with van der Waals surface area (Å²) in [6.07, 6.45) is 3.18. The van der Waals surface area contributed by atoms with Crippen LogP contribution in [0.1, 0.15) is 25.0 Å². The average Bonchev–Trinajstić information content (AvgIpc) is 2.89. The van der Waals surface area contributed by atoms with E-state index in [1.165, 1.54) is 23.5 Å². The highest BCUT2D eigenvalue weighted by Crippen LogP contribution is 2.26. The summed E-state index contributed by atoms with van der Waals surface area (Å²) >= 11 is 0. The largest absolute Gasteiger partial charge is 0.497 e. The van der Waals surface area contributed by atoms with Gasteiger partial charge in [-0.05, 0) is 59.5 Å². The Labute approximate surface area is 212 Å². The van der Waals surface area contributed by atoms with Crippen LogP contribution in [0.15, 0.2) is 78.0 Å². The number of ether oxygens (including phenoxy) is 2. The molecule has 1 N–H and O–H groups in total. The molecule has 0 unspecified atom stereocenters. The van der Waals surface area contributed by atoms with Gasteiger partial charge in [-0.3, -0.25) is 14.6 Å². The molecule has 0 radical (unpaired) electrons. The van der Waals surface area contributed by atoms with Crippen LogP contribution in [-0.4, -0.2) is 43.9 Å². The van der Waals surface area contributed by atoms with E-state index in [0.29, 0.717) is 17.1 Å². The molecule has 0 aliphatic heterocycles. The number of sulfonamides is 1. The van der Waals surface area contributed by atoms with E-state index >= 15 is 0 Å². The molecule has 0 aliphatic carbocycles. The predicted octanol–water partition coefficient (Wildman–Crippen LogP) is 3.56. The van der Waals surface area contributed by atoms with E-state index in [2.05, 4.69) is 10.5 Å². The molecule has 0 bridgehead atoms. The minimum atomic E-state index is -4.08. The Balaban J connectivity index is 1.86. The third-order valence-corrected chi connectivity index (χ3v) is 7.35. The maximum atomic E-state index is 13.8. The molecule has 192 valence electrons. The molecule has 10 heteroatoms. The number of nitrogens with zero attached hydrogens (tertiary/aromatic N) is 2. The molecule has 0 aliphatic rings. The monoisotopic (exact) mass is 513 g/mol. The fraction of sp³-hybridized carbons (Fsp3) is 0.308. The fourth-order valence-electron chi connectivity index (χ4n) is 3.63. The van der Waals surface area contributed by atoms with Gasteiger partial charge in [-0.25, -0.2) is 13.9 Å². The molecular formula is C26H31N3O6S. The van der Waals surface area contributed by atoms with Crippen LogP contribution in [0.4, 0.5) is 0 Å². The standard InChI is InChI=1S/C26H31N3O6S/c1-19(2)25(26(30)28-35-18-20-7-9-22(33-3)10-8-20)29(17-21-6-5-15-27-16-21)36(31,32)24-13-11-23(34-4)12-14-24/h5-16,19,25H,17-18H2,1-4H3,(H,28,30)/t25-/m1/s1. The lowest BCUT2D eigenvalue weighted by Gasteiger charge is -2.32. The normalized spacial score (nSPS) is 12.4. The van der Waals surface area contributed by atoms with Gasteiger partial charge < -0.3 is 9.47 Å². The zero-order valence-electron chi connectivity index (χ0n) is 20.7. The zero-order chi connectivity index (χ0) is 26.1. The van der Waals surface area contributed by atoms with Crippen molar-refractivity contribution < 1.29 is 27.5 Å². The summed E-state index contributed by atoms with van der Waals surface area (Å²) in [5.74, 6) is 0.300. The van der Waals surface area contributed by atoms with Crippen LogP contribution in [0.25, 0.3) is 0 Å². The van der Waals surface area contributed by atoms with Crippen LogP contribution < -0.4 is 15.0 Å². The van der Waals surface area contributed by atoms with Gasteiger partial charge in [-0.15, -0.1) is 0 Å². The second-order valence-corrected chi connectivity index (χ2v) is 10.3. The van der Waals surface area contributed by atoms with Gasteiger partial charge in [-0.1, -0.05) is 32.0 Å². The van der Waals surface area contributed by atoms with Gasteiger partial charge in [0.15, 0.2) is 0 Å². The lowest BCUT2D eigenvalue weighted by atomic mass is 10.0. The quantitative estimate of drug-likeness (QED) is 0.369. The first-order valence-corrected chi connectivity index (χ1v) is 12.8. The zero-order valence-corrected chi connectivity index (χ0v) is 21.6. The van der Waals surface area contributed by atoms with Crippen molar-refractivity contribution in [2.45, 2.75) is 37.9 Å². The highest BCUT2D eigenvalue weighted by atomic mass is 32.2. The fourth-order valence-corrected chi connectivity index (χ4v) is 5.33. The number of carbonyl (C=O) groups is 1. The smallest absolute Gasteiger partial charge is 0.262 e. The van der Waals surface area contributed by atoms with Gasteiger partial charge in [0.25, 0.3) is 5.91 Å².